The lowest BCUT2D eigenvalue weighted by atomic mass is 9.90. The highest BCUT2D eigenvalue weighted by Crippen LogP contribution is 2.42. The molecule has 0 aromatic heterocycles. The fraction of sp³-hybridized carbons (Fsp3) is 0.556. The first-order valence-corrected chi connectivity index (χ1v) is 4.20. The van der Waals surface area contributed by atoms with Crippen molar-refractivity contribution in [2.75, 3.05) is 0 Å². The highest BCUT2D eigenvalue weighted by Gasteiger charge is 2.46. The number of alkyl halides is 6. The summed E-state index contributed by atoms with van der Waals surface area (Å²) in [6.07, 6.45) is -8.63. The molecule has 16 heavy (non-hydrogen) atoms. The van der Waals surface area contributed by atoms with Gasteiger partial charge in [-0.3, -0.25) is 0 Å². The van der Waals surface area contributed by atoms with Crippen LogP contribution in [-0.2, 0) is 4.74 Å². The van der Waals surface area contributed by atoms with Crippen LogP contribution in [0.1, 0.15) is 13.8 Å². The number of hydrogen-bond acceptors (Lipinski definition) is 1. The van der Waals surface area contributed by atoms with Crippen molar-refractivity contribution in [1.82, 2.24) is 0 Å². The average Bonchev–Trinajstić information content (AvgIpc) is 1.97. The molecule has 0 fully saturated rings. The molecule has 0 radical (unpaired) electrons. The molecular formula is C9H8F6O. The van der Waals surface area contributed by atoms with Crippen LogP contribution in [0.3, 0.4) is 0 Å². The summed E-state index contributed by atoms with van der Waals surface area (Å²) in [4.78, 5) is 0. The van der Waals surface area contributed by atoms with Crippen LogP contribution in [0, 0.1) is 5.41 Å². The van der Waals surface area contributed by atoms with E-state index >= 15 is 0 Å². The molecule has 0 aliphatic carbocycles. The predicted molar refractivity (Wildman–Crippen MR) is 43.1 cm³/mol. The molecule has 0 spiro atoms. The second-order valence-electron chi connectivity index (χ2n) is 3.94. The highest BCUT2D eigenvalue weighted by molar-refractivity contribution is 5.24. The van der Waals surface area contributed by atoms with E-state index in [0.717, 1.165) is 0 Å². The molecule has 0 aromatic carbocycles. The Labute approximate surface area is 87.4 Å². The molecule has 0 saturated heterocycles. The summed E-state index contributed by atoms with van der Waals surface area (Å²) < 4.78 is 77.4. The maximum Gasteiger partial charge on any atom is 0.449 e. The van der Waals surface area contributed by atoms with Gasteiger partial charge in [-0.1, -0.05) is 13.8 Å². The van der Waals surface area contributed by atoms with Gasteiger partial charge < -0.3 is 4.74 Å². The maximum absolute atomic E-state index is 12.3. The molecule has 0 aromatic rings. The Bertz CT molecular complexity index is 312. The number of rotatable bonds is 0. The summed E-state index contributed by atoms with van der Waals surface area (Å²) >= 11 is 0. The molecule has 1 aliphatic rings. The molecule has 7 heteroatoms. The van der Waals surface area contributed by atoms with Crippen molar-refractivity contribution < 1.29 is 31.1 Å². The number of allylic oxidation sites excluding steroid dienone is 4. The second kappa shape index (κ2) is 3.43. The van der Waals surface area contributed by atoms with E-state index in [0.29, 0.717) is 12.2 Å². The van der Waals surface area contributed by atoms with Crippen molar-refractivity contribution in [3.8, 4) is 0 Å². The van der Waals surface area contributed by atoms with Gasteiger partial charge in [0.2, 0.25) is 11.5 Å². The lowest BCUT2D eigenvalue weighted by Gasteiger charge is -2.27. The van der Waals surface area contributed by atoms with Crippen molar-refractivity contribution in [3.05, 3.63) is 23.7 Å². The fourth-order valence-electron chi connectivity index (χ4n) is 1.17. The van der Waals surface area contributed by atoms with Crippen LogP contribution >= 0.6 is 0 Å². The molecule has 1 nitrogen and oxygen atoms in total. The maximum atomic E-state index is 12.3. The van der Waals surface area contributed by atoms with E-state index in [1.54, 1.807) is 0 Å². The van der Waals surface area contributed by atoms with Crippen LogP contribution < -0.4 is 0 Å². The summed E-state index contributed by atoms with van der Waals surface area (Å²) in [5, 5.41) is 0. The van der Waals surface area contributed by atoms with Gasteiger partial charge >= 0.3 is 12.4 Å². The first kappa shape index (κ1) is 12.9. The first-order valence-electron chi connectivity index (χ1n) is 4.20. The number of halogens is 6. The minimum absolute atomic E-state index is 0.613. The third-order valence-electron chi connectivity index (χ3n) is 1.78. The molecule has 0 saturated carbocycles. The van der Waals surface area contributed by atoms with Gasteiger partial charge in [0.05, 0.1) is 0 Å². The smallest absolute Gasteiger partial charge is 0.448 e. The van der Waals surface area contributed by atoms with Gasteiger partial charge in [-0.15, -0.1) is 0 Å². The Kier molecular flexibility index (Phi) is 2.77. The van der Waals surface area contributed by atoms with E-state index in [1.807, 2.05) is 0 Å². The summed E-state index contributed by atoms with van der Waals surface area (Å²) in [6, 6.07) is 0. The Hall–Kier alpha value is -1.14. The summed E-state index contributed by atoms with van der Waals surface area (Å²) in [5.41, 5.74) is -1.35. The van der Waals surface area contributed by atoms with Crippen molar-refractivity contribution in [2.45, 2.75) is 26.2 Å². The Balaban J connectivity index is 3.11. The minimum atomic E-state index is -4.93. The van der Waals surface area contributed by atoms with Crippen LogP contribution in [0.4, 0.5) is 26.3 Å². The Morgan fingerprint density at radius 2 is 1.19 bits per heavy atom. The lowest BCUT2D eigenvalue weighted by molar-refractivity contribution is -0.161. The molecule has 1 heterocycles. The van der Waals surface area contributed by atoms with Crippen molar-refractivity contribution in [1.29, 1.82) is 0 Å². The van der Waals surface area contributed by atoms with Crippen molar-refractivity contribution in [3.63, 3.8) is 0 Å². The Morgan fingerprint density at radius 3 is 1.44 bits per heavy atom. The third kappa shape index (κ3) is 2.93. The highest BCUT2D eigenvalue weighted by atomic mass is 19.4. The Morgan fingerprint density at radius 1 is 0.875 bits per heavy atom. The van der Waals surface area contributed by atoms with Crippen molar-refractivity contribution >= 4 is 0 Å². The molecule has 0 atom stereocenters. The fourth-order valence-corrected chi connectivity index (χ4v) is 1.17. The largest absolute Gasteiger partial charge is 0.449 e. The van der Waals surface area contributed by atoms with Gasteiger partial charge in [-0.2, -0.15) is 26.3 Å². The van der Waals surface area contributed by atoms with Gasteiger partial charge in [0.25, 0.3) is 0 Å². The quantitative estimate of drug-likeness (QED) is 0.588. The van der Waals surface area contributed by atoms with Crippen LogP contribution in [-0.4, -0.2) is 12.4 Å². The summed E-state index contributed by atoms with van der Waals surface area (Å²) in [5.74, 6) is -3.26. The van der Waals surface area contributed by atoms with Gasteiger partial charge in [0, 0.05) is 5.41 Å². The van der Waals surface area contributed by atoms with Crippen LogP contribution in [0.25, 0.3) is 0 Å². The lowest BCUT2D eigenvalue weighted by Crippen LogP contribution is -2.27. The van der Waals surface area contributed by atoms with Crippen molar-refractivity contribution in [2.24, 2.45) is 5.41 Å². The SMILES string of the molecule is CC1(C)C=C(C(F)(F)F)OC(C(F)(F)F)=C1. The normalized spacial score (nSPS) is 21.0. The third-order valence-corrected chi connectivity index (χ3v) is 1.78. The first-order chi connectivity index (χ1) is 6.92. The van der Waals surface area contributed by atoms with Gasteiger partial charge in [-0.05, 0) is 12.2 Å². The zero-order valence-corrected chi connectivity index (χ0v) is 8.33. The van der Waals surface area contributed by atoms with Gasteiger partial charge in [0.1, 0.15) is 0 Å². The van der Waals surface area contributed by atoms with Crippen LogP contribution in [0.2, 0.25) is 0 Å². The van der Waals surface area contributed by atoms with E-state index in [2.05, 4.69) is 4.74 Å². The molecule has 1 rings (SSSR count). The molecule has 0 N–H and O–H groups in total. The molecule has 0 unspecified atom stereocenters. The molecule has 1 aliphatic heterocycles. The van der Waals surface area contributed by atoms with Gasteiger partial charge in [-0.25, -0.2) is 0 Å². The number of hydrogen-bond donors (Lipinski definition) is 0. The van der Waals surface area contributed by atoms with E-state index in [1.165, 1.54) is 13.8 Å². The van der Waals surface area contributed by atoms with E-state index in [9.17, 15) is 26.3 Å². The topological polar surface area (TPSA) is 9.23 Å². The van der Waals surface area contributed by atoms with Crippen LogP contribution in [0.15, 0.2) is 23.7 Å². The molecule has 0 bridgehead atoms. The zero-order chi connectivity index (χ0) is 12.8. The average molecular weight is 246 g/mol. The molecular weight excluding hydrogens is 238 g/mol. The summed E-state index contributed by atoms with van der Waals surface area (Å²) in [6.45, 7) is 2.46. The summed E-state index contributed by atoms with van der Waals surface area (Å²) in [7, 11) is 0. The monoisotopic (exact) mass is 246 g/mol. The van der Waals surface area contributed by atoms with E-state index in [4.69, 9.17) is 0 Å². The standard InChI is InChI=1S/C9H8F6O/c1-7(2)3-5(8(10,11)12)16-6(4-7)9(13,14)15/h3-4H,1-2H3. The number of ether oxygens (including phenoxy) is 1. The second-order valence-corrected chi connectivity index (χ2v) is 3.94. The van der Waals surface area contributed by atoms with Gasteiger partial charge in [0.15, 0.2) is 0 Å². The zero-order valence-electron chi connectivity index (χ0n) is 8.33. The molecule has 92 valence electrons. The van der Waals surface area contributed by atoms with Crippen LogP contribution in [0.5, 0.6) is 0 Å². The van der Waals surface area contributed by atoms with E-state index in [-0.39, 0.29) is 0 Å². The molecule has 0 amide bonds. The minimum Gasteiger partial charge on any atom is -0.448 e. The predicted octanol–water partition coefficient (Wildman–Crippen LogP) is 3.94. The van der Waals surface area contributed by atoms with E-state index < -0.39 is 29.3 Å².